The monoisotopic (exact) mass is 261 g/mol. The van der Waals surface area contributed by atoms with Crippen LogP contribution in [0.3, 0.4) is 0 Å². The molecule has 1 N–H and O–H groups in total. The van der Waals surface area contributed by atoms with E-state index in [0.29, 0.717) is 31.0 Å². The summed E-state index contributed by atoms with van der Waals surface area (Å²) in [6.07, 6.45) is 0.669. The van der Waals surface area contributed by atoms with Gasteiger partial charge in [0.25, 0.3) is 0 Å². The Morgan fingerprint density at radius 1 is 1.41 bits per heavy atom. The summed E-state index contributed by atoms with van der Waals surface area (Å²) in [6.45, 7) is 4.36. The minimum atomic E-state index is -3.45. The standard InChI is InChI=1S/C10H19N3O3S/c1-8-10(9(2)12-11-8)17(14,15)13(3)6-5-7-16-4/h5-7H2,1-4H3,(H,11,12). The first kappa shape index (κ1) is 14.1. The van der Waals surface area contributed by atoms with E-state index in [1.807, 2.05) is 0 Å². The Hall–Kier alpha value is -0.920. The van der Waals surface area contributed by atoms with Crippen LogP contribution in [0.15, 0.2) is 4.90 Å². The van der Waals surface area contributed by atoms with Crippen molar-refractivity contribution in [2.24, 2.45) is 0 Å². The van der Waals surface area contributed by atoms with Crippen molar-refractivity contribution in [2.45, 2.75) is 25.2 Å². The number of aryl methyl sites for hydroxylation is 2. The number of sulfonamides is 1. The summed E-state index contributed by atoms with van der Waals surface area (Å²) in [7, 11) is -0.291. The number of aromatic nitrogens is 2. The second kappa shape index (κ2) is 5.61. The highest BCUT2D eigenvalue weighted by Crippen LogP contribution is 2.20. The average molecular weight is 261 g/mol. The predicted octanol–water partition coefficient (Wildman–Crippen LogP) is 0.684. The minimum absolute atomic E-state index is 0.275. The second-order valence-electron chi connectivity index (χ2n) is 3.94. The van der Waals surface area contributed by atoms with Crippen molar-refractivity contribution < 1.29 is 13.2 Å². The SMILES string of the molecule is COCCCN(C)S(=O)(=O)c1c(C)n[nH]c1C. The van der Waals surface area contributed by atoms with E-state index in [1.165, 1.54) is 4.31 Å². The van der Waals surface area contributed by atoms with Crippen molar-refractivity contribution in [3.63, 3.8) is 0 Å². The van der Waals surface area contributed by atoms with Gasteiger partial charge < -0.3 is 4.74 Å². The maximum Gasteiger partial charge on any atom is 0.246 e. The summed E-state index contributed by atoms with van der Waals surface area (Å²) in [5.74, 6) is 0. The highest BCUT2D eigenvalue weighted by Gasteiger charge is 2.26. The molecule has 1 aromatic rings. The number of aromatic amines is 1. The Kier molecular flexibility index (Phi) is 4.67. The quantitative estimate of drug-likeness (QED) is 0.764. The number of H-pyrrole nitrogens is 1. The Labute approximate surface area is 102 Å². The van der Waals surface area contributed by atoms with Gasteiger partial charge in [0, 0.05) is 27.3 Å². The molecule has 98 valence electrons. The van der Waals surface area contributed by atoms with Gasteiger partial charge in [-0.2, -0.15) is 5.10 Å². The Balaban J connectivity index is 2.88. The van der Waals surface area contributed by atoms with E-state index >= 15 is 0 Å². The molecule has 0 aromatic carbocycles. The first-order valence-corrected chi connectivity index (χ1v) is 6.82. The van der Waals surface area contributed by atoms with E-state index in [0.717, 1.165) is 0 Å². The van der Waals surface area contributed by atoms with Crippen LogP contribution in [0.4, 0.5) is 0 Å². The van der Waals surface area contributed by atoms with Gasteiger partial charge in [-0.05, 0) is 20.3 Å². The third-order valence-corrected chi connectivity index (χ3v) is 4.67. The topological polar surface area (TPSA) is 75.3 Å². The second-order valence-corrected chi connectivity index (χ2v) is 5.92. The summed E-state index contributed by atoms with van der Waals surface area (Å²) in [5, 5.41) is 6.59. The summed E-state index contributed by atoms with van der Waals surface area (Å²) in [4.78, 5) is 0.275. The molecule has 0 saturated carbocycles. The Morgan fingerprint density at radius 2 is 2.06 bits per heavy atom. The van der Waals surface area contributed by atoms with Gasteiger partial charge in [-0.25, -0.2) is 12.7 Å². The molecule has 17 heavy (non-hydrogen) atoms. The molecule has 0 spiro atoms. The third-order valence-electron chi connectivity index (χ3n) is 2.55. The first-order valence-electron chi connectivity index (χ1n) is 5.38. The smallest absolute Gasteiger partial charge is 0.246 e. The van der Waals surface area contributed by atoms with Gasteiger partial charge in [0.05, 0.1) is 11.4 Å². The lowest BCUT2D eigenvalue weighted by Crippen LogP contribution is -2.29. The molecule has 1 rings (SSSR count). The Bertz CT molecular complexity index is 448. The van der Waals surface area contributed by atoms with Crippen LogP contribution in [0.25, 0.3) is 0 Å². The fourth-order valence-corrected chi connectivity index (χ4v) is 3.16. The van der Waals surface area contributed by atoms with Crippen LogP contribution >= 0.6 is 0 Å². The zero-order valence-electron chi connectivity index (χ0n) is 10.6. The largest absolute Gasteiger partial charge is 0.385 e. The van der Waals surface area contributed by atoms with Crippen molar-refractivity contribution in [3.05, 3.63) is 11.4 Å². The van der Waals surface area contributed by atoms with Crippen LogP contribution in [0.2, 0.25) is 0 Å². The molecule has 0 aliphatic carbocycles. The zero-order valence-corrected chi connectivity index (χ0v) is 11.5. The number of nitrogens with one attached hydrogen (secondary N) is 1. The maximum absolute atomic E-state index is 12.3. The molecule has 0 amide bonds. The van der Waals surface area contributed by atoms with Gasteiger partial charge in [-0.3, -0.25) is 5.10 Å². The van der Waals surface area contributed by atoms with E-state index in [-0.39, 0.29) is 4.90 Å². The van der Waals surface area contributed by atoms with Crippen LogP contribution in [-0.2, 0) is 14.8 Å². The Morgan fingerprint density at radius 3 is 2.53 bits per heavy atom. The summed E-state index contributed by atoms with van der Waals surface area (Å²) < 4.78 is 30.7. The van der Waals surface area contributed by atoms with E-state index in [2.05, 4.69) is 10.2 Å². The lowest BCUT2D eigenvalue weighted by molar-refractivity contribution is 0.189. The maximum atomic E-state index is 12.3. The highest BCUT2D eigenvalue weighted by atomic mass is 32.2. The molecule has 0 aliphatic heterocycles. The summed E-state index contributed by atoms with van der Waals surface area (Å²) in [6, 6.07) is 0. The van der Waals surface area contributed by atoms with E-state index in [4.69, 9.17) is 4.74 Å². The van der Waals surface area contributed by atoms with Gasteiger partial charge in [-0.15, -0.1) is 0 Å². The summed E-state index contributed by atoms with van der Waals surface area (Å²) >= 11 is 0. The van der Waals surface area contributed by atoms with E-state index in [9.17, 15) is 8.42 Å². The van der Waals surface area contributed by atoms with Crippen LogP contribution in [0.5, 0.6) is 0 Å². The van der Waals surface area contributed by atoms with Crippen molar-refractivity contribution in [2.75, 3.05) is 27.3 Å². The highest BCUT2D eigenvalue weighted by molar-refractivity contribution is 7.89. The van der Waals surface area contributed by atoms with Gasteiger partial charge in [0.1, 0.15) is 4.90 Å². The molecular weight excluding hydrogens is 242 g/mol. The van der Waals surface area contributed by atoms with E-state index < -0.39 is 10.0 Å². The van der Waals surface area contributed by atoms with Crippen molar-refractivity contribution in [1.82, 2.24) is 14.5 Å². The van der Waals surface area contributed by atoms with E-state index in [1.54, 1.807) is 28.0 Å². The molecule has 0 radical (unpaired) electrons. The van der Waals surface area contributed by atoms with Crippen LogP contribution in [0, 0.1) is 13.8 Å². The number of nitrogens with zero attached hydrogens (tertiary/aromatic N) is 2. The molecule has 0 atom stereocenters. The van der Waals surface area contributed by atoms with Crippen molar-refractivity contribution in [3.8, 4) is 0 Å². The molecule has 1 aromatic heterocycles. The normalized spacial score (nSPS) is 12.3. The molecule has 7 heteroatoms. The molecule has 0 aliphatic rings. The average Bonchev–Trinajstić information content (AvgIpc) is 2.59. The van der Waals surface area contributed by atoms with Crippen LogP contribution in [0.1, 0.15) is 17.8 Å². The number of methoxy groups -OCH3 is 1. The lowest BCUT2D eigenvalue weighted by atomic mass is 10.4. The zero-order chi connectivity index (χ0) is 13.1. The number of hydrogen-bond donors (Lipinski definition) is 1. The van der Waals surface area contributed by atoms with Gasteiger partial charge in [0.15, 0.2) is 0 Å². The number of ether oxygens (including phenoxy) is 1. The lowest BCUT2D eigenvalue weighted by Gasteiger charge is -2.16. The third kappa shape index (κ3) is 3.05. The fraction of sp³-hybridized carbons (Fsp3) is 0.700. The fourth-order valence-electron chi connectivity index (χ4n) is 1.63. The molecule has 0 unspecified atom stereocenters. The molecule has 0 saturated heterocycles. The molecule has 0 bridgehead atoms. The van der Waals surface area contributed by atoms with Gasteiger partial charge >= 0.3 is 0 Å². The number of rotatable bonds is 6. The van der Waals surface area contributed by atoms with Crippen molar-refractivity contribution >= 4 is 10.0 Å². The van der Waals surface area contributed by atoms with Crippen LogP contribution < -0.4 is 0 Å². The predicted molar refractivity (Wildman–Crippen MR) is 64.4 cm³/mol. The number of hydrogen-bond acceptors (Lipinski definition) is 4. The van der Waals surface area contributed by atoms with Crippen molar-refractivity contribution in [1.29, 1.82) is 0 Å². The molecule has 0 fully saturated rings. The first-order chi connectivity index (χ1) is 7.91. The molecule has 1 heterocycles. The van der Waals surface area contributed by atoms with Gasteiger partial charge in [0.2, 0.25) is 10.0 Å². The molecular formula is C10H19N3O3S. The summed E-state index contributed by atoms with van der Waals surface area (Å²) in [5.41, 5.74) is 1.07. The molecule has 6 nitrogen and oxygen atoms in total. The van der Waals surface area contributed by atoms with Gasteiger partial charge in [-0.1, -0.05) is 0 Å². The van der Waals surface area contributed by atoms with Crippen LogP contribution in [-0.4, -0.2) is 50.2 Å². The minimum Gasteiger partial charge on any atom is -0.385 e.